The van der Waals surface area contributed by atoms with Crippen LogP contribution in [0.3, 0.4) is 0 Å². The van der Waals surface area contributed by atoms with Gasteiger partial charge in [-0.05, 0) is 24.5 Å². The van der Waals surface area contributed by atoms with E-state index in [9.17, 15) is 0 Å². The lowest BCUT2D eigenvalue weighted by molar-refractivity contribution is -0.0490. The van der Waals surface area contributed by atoms with Crippen LogP contribution in [0, 0.1) is 0 Å². The molecule has 1 saturated heterocycles. The number of halogens is 1. The van der Waals surface area contributed by atoms with Crippen molar-refractivity contribution >= 4 is 11.6 Å². The van der Waals surface area contributed by atoms with E-state index in [-0.39, 0.29) is 6.23 Å². The summed E-state index contributed by atoms with van der Waals surface area (Å²) < 4.78 is 5.48. The number of tetrazole rings is 1. The number of hydrogen-bond acceptors (Lipinski definition) is 4. The number of aromatic nitrogens is 4. The monoisotopic (exact) mass is 202 g/mol. The lowest BCUT2D eigenvalue weighted by Crippen LogP contribution is -2.20. The molecule has 0 N–H and O–H groups in total. The third-order valence-electron chi connectivity index (χ3n) is 2.00. The number of rotatable bonds is 2. The fourth-order valence-corrected chi connectivity index (χ4v) is 1.44. The molecule has 0 spiro atoms. The van der Waals surface area contributed by atoms with Crippen LogP contribution in [0.25, 0.3) is 0 Å². The quantitative estimate of drug-likeness (QED) is 0.675. The first-order chi connectivity index (χ1) is 6.40. The largest absolute Gasteiger partial charge is 0.355 e. The summed E-state index contributed by atoms with van der Waals surface area (Å²) in [7, 11) is 0. The van der Waals surface area contributed by atoms with Crippen molar-refractivity contribution in [3.05, 3.63) is 5.82 Å². The van der Waals surface area contributed by atoms with Gasteiger partial charge in [0.1, 0.15) is 0 Å². The Labute approximate surface area is 81.0 Å². The minimum atomic E-state index is -0.0433. The van der Waals surface area contributed by atoms with Crippen LogP contribution in [0.15, 0.2) is 0 Å². The fraction of sp³-hybridized carbons (Fsp3) is 0.857. The van der Waals surface area contributed by atoms with Crippen molar-refractivity contribution in [1.29, 1.82) is 0 Å². The lowest BCUT2D eigenvalue weighted by atomic mass is 10.2. The van der Waals surface area contributed by atoms with Gasteiger partial charge in [0.05, 0.1) is 5.88 Å². The molecule has 1 aliphatic rings. The average molecular weight is 203 g/mol. The van der Waals surface area contributed by atoms with Gasteiger partial charge in [0.2, 0.25) is 0 Å². The van der Waals surface area contributed by atoms with E-state index in [0.717, 1.165) is 25.9 Å². The van der Waals surface area contributed by atoms with Gasteiger partial charge in [-0.2, -0.15) is 0 Å². The molecule has 2 rings (SSSR count). The molecule has 1 aromatic rings. The van der Waals surface area contributed by atoms with Crippen molar-refractivity contribution in [3.63, 3.8) is 0 Å². The van der Waals surface area contributed by atoms with Gasteiger partial charge in [-0.3, -0.25) is 0 Å². The fourth-order valence-electron chi connectivity index (χ4n) is 1.34. The molecule has 0 amide bonds. The van der Waals surface area contributed by atoms with Crippen molar-refractivity contribution in [2.45, 2.75) is 31.4 Å². The smallest absolute Gasteiger partial charge is 0.189 e. The zero-order valence-corrected chi connectivity index (χ0v) is 7.94. The molecule has 1 aromatic heterocycles. The first-order valence-electron chi connectivity index (χ1n) is 4.36. The lowest BCUT2D eigenvalue weighted by Gasteiger charge is -2.20. The molecule has 13 heavy (non-hydrogen) atoms. The Bertz CT molecular complexity index is 271. The van der Waals surface area contributed by atoms with Gasteiger partial charge in [-0.25, -0.2) is 0 Å². The van der Waals surface area contributed by atoms with Crippen molar-refractivity contribution in [2.75, 3.05) is 6.61 Å². The maximum atomic E-state index is 5.56. The van der Waals surface area contributed by atoms with Crippen LogP contribution in [0.1, 0.15) is 31.3 Å². The molecule has 0 saturated carbocycles. The van der Waals surface area contributed by atoms with Crippen LogP contribution in [0.5, 0.6) is 0 Å². The highest BCUT2D eigenvalue weighted by molar-refractivity contribution is 6.16. The van der Waals surface area contributed by atoms with Crippen molar-refractivity contribution in [2.24, 2.45) is 0 Å². The maximum absolute atomic E-state index is 5.56. The Balaban J connectivity index is 2.05. The minimum Gasteiger partial charge on any atom is -0.355 e. The summed E-state index contributed by atoms with van der Waals surface area (Å²) in [5, 5.41) is 11.7. The first kappa shape index (κ1) is 8.90. The van der Waals surface area contributed by atoms with Crippen LogP contribution in [-0.2, 0) is 10.6 Å². The average Bonchev–Trinajstić information content (AvgIpc) is 2.67. The first-order valence-corrected chi connectivity index (χ1v) is 4.89. The predicted molar refractivity (Wildman–Crippen MR) is 46.2 cm³/mol. The maximum Gasteiger partial charge on any atom is 0.189 e. The Hall–Kier alpha value is -0.680. The van der Waals surface area contributed by atoms with E-state index in [2.05, 4.69) is 15.4 Å². The van der Waals surface area contributed by atoms with Gasteiger partial charge in [0, 0.05) is 6.61 Å². The molecule has 6 heteroatoms. The Morgan fingerprint density at radius 1 is 1.54 bits per heavy atom. The Kier molecular flexibility index (Phi) is 2.75. The van der Waals surface area contributed by atoms with E-state index in [1.165, 1.54) is 4.80 Å². The van der Waals surface area contributed by atoms with E-state index in [0.29, 0.717) is 11.7 Å². The molecular weight excluding hydrogens is 192 g/mol. The molecule has 0 unspecified atom stereocenters. The predicted octanol–water partition coefficient (Wildman–Crippen LogP) is 1.11. The normalized spacial score (nSPS) is 23.3. The van der Waals surface area contributed by atoms with Crippen molar-refractivity contribution in [3.8, 4) is 0 Å². The molecule has 0 aliphatic carbocycles. The Morgan fingerprint density at radius 2 is 2.46 bits per heavy atom. The van der Waals surface area contributed by atoms with Gasteiger partial charge in [-0.15, -0.1) is 26.6 Å². The third-order valence-corrected chi connectivity index (χ3v) is 2.24. The van der Waals surface area contributed by atoms with Gasteiger partial charge in [0.25, 0.3) is 0 Å². The minimum absolute atomic E-state index is 0.0433. The van der Waals surface area contributed by atoms with Crippen molar-refractivity contribution < 1.29 is 4.74 Å². The van der Waals surface area contributed by atoms with Gasteiger partial charge in [-0.1, -0.05) is 0 Å². The second-order valence-corrected chi connectivity index (χ2v) is 3.25. The third kappa shape index (κ3) is 1.97. The second-order valence-electron chi connectivity index (χ2n) is 2.98. The standard InChI is InChI=1S/C7H11ClN4O/c8-5-6-9-11-12(10-6)7-3-1-2-4-13-7/h7H,1-5H2/t7-/m1/s1. The molecule has 1 aliphatic heterocycles. The highest BCUT2D eigenvalue weighted by Crippen LogP contribution is 2.20. The summed E-state index contributed by atoms with van der Waals surface area (Å²) in [6.07, 6.45) is 3.19. The molecule has 1 fully saturated rings. The van der Waals surface area contributed by atoms with E-state index >= 15 is 0 Å². The molecule has 0 aromatic carbocycles. The van der Waals surface area contributed by atoms with Crippen LogP contribution in [-0.4, -0.2) is 26.8 Å². The molecule has 2 heterocycles. The van der Waals surface area contributed by atoms with Crippen LogP contribution in [0.4, 0.5) is 0 Å². The second kappa shape index (κ2) is 4.02. The number of alkyl halides is 1. The molecule has 5 nitrogen and oxygen atoms in total. The highest BCUT2D eigenvalue weighted by Gasteiger charge is 2.18. The molecule has 0 bridgehead atoms. The van der Waals surface area contributed by atoms with Gasteiger partial charge in [0.15, 0.2) is 12.1 Å². The molecule has 0 radical (unpaired) electrons. The van der Waals surface area contributed by atoms with E-state index < -0.39 is 0 Å². The SMILES string of the molecule is ClCc1nnn([C@H]2CCCCO2)n1. The van der Waals surface area contributed by atoms with Gasteiger partial charge < -0.3 is 4.74 Å². The molecular formula is C7H11ClN4O. The summed E-state index contributed by atoms with van der Waals surface area (Å²) in [4.78, 5) is 1.51. The zero-order chi connectivity index (χ0) is 9.10. The molecule has 72 valence electrons. The van der Waals surface area contributed by atoms with E-state index in [1.54, 1.807) is 0 Å². The van der Waals surface area contributed by atoms with Crippen molar-refractivity contribution in [1.82, 2.24) is 20.2 Å². The van der Waals surface area contributed by atoms with Crippen LogP contribution >= 0.6 is 11.6 Å². The zero-order valence-electron chi connectivity index (χ0n) is 7.19. The van der Waals surface area contributed by atoms with E-state index in [4.69, 9.17) is 16.3 Å². The topological polar surface area (TPSA) is 52.8 Å². The van der Waals surface area contributed by atoms with E-state index in [1.807, 2.05) is 0 Å². The summed E-state index contributed by atoms with van der Waals surface area (Å²) >= 11 is 5.56. The van der Waals surface area contributed by atoms with Crippen LogP contribution < -0.4 is 0 Å². The van der Waals surface area contributed by atoms with Crippen LogP contribution in [0.2, 0.25) is 0 Å². The summed E-state index contributed by atoms with van der Waals surface area (Å²) in [6, 6.07) is 0. The number of ether oxygens (including phenoxy) is 1. The Morgan fingerprint density at radius 3 is 3.08 bits per heavy atom. The number of nitrogens with zero attached hydrogens (tertiary/aromatic N) is 4. The number of hydrogen-bond donors (Lipinski definition) is 0. The summed E-state index contributed by atoms with van der Waals surface area (Å²) in [5.74, 6) is 0.850. The summed E-state index contributed by atoms with van der Waals surface area (Å²) in [6.45, 7) is 0.780. The molecule has 1 atom stereocenters. The summed E-state index contributed by atoms with van der Waals surface area (Å²) in [5.41, 5.74) is 0. The highest BCUT2D eigenvalue weighted by atomic mass is 35.5. The van der Waals surface area contributed by atoms with Gasteiger partial charge >= 0.3 is 0 Å².